The minimum atomic E-state index is 0.528. The molecule has 0 radical (unpaired) electrons. The molecule has 0 saturated carbocycles. The van der Waals surface area contributed by atoms with E-state index >= 15 is 0 Å². The van der Waals surface area contributed by atoms with Crippen molar-refractivity contribution in [2.75, 3.05) is 41.9 Å². The van der Waals surface area contributed by atoms with Crippen molar-refractivity contribution in [3.63, 3.8) is 0 Å². The summed E-state index contributed by atoms with van der Waals surface area (Å²) in [4.78, 5) is 4.46. The Kier molecular flexibility index (Phi) is 6.34. The van der Waals surface area contributed by atoms with Crippen molar-refractivity contribution in [2.45, 2.75) is 19.0 Å². The first kappa shape index (κ1) is 11.9. The molecule has 0 aromatic heterocycles. The maximum absolute atomic E-state index is 5.01. The van der Waals surface area contributed by atoms with Crippen LogP contribution in [0.5, 0.6) is 0 Å². The van der Waals surface area contributed by atoms with Gasteiger partial charge in [0.15, 0.2) is 0 Å². The van der Waals surface area contributed by atoms with E-state index in [1.807, 2.05) is 0 Å². The fraction of sp³-hybridized carbons (Fsp3) is 1.00. The van der Waals surface area contributed by atoms with E-state index < -0.39 is 0 Å². The van der Waals surface area contributed by atoms with Gasteiger partial charge in [0.05, 0.1) is 6.17 Å². The second-order valence-electron chi connectivity index (χ2n) is 3.54. The average molecular weight is 174 g/mol. The third-order valence-corrected chi connectivity index (χ3v) is 2.00. The lowest BCUT2D eigenvalue weighted by atomic mass is 10.2. The minimum Gasteiger partial charge on any atom is -0.385 e. The van der Waals surface area contributed by atoms with Crippen LogP contribution >= 0.6 is 0 Å². The van der Waals surface area contributed by atoms with E-state index in [1.54, 1.807) is 7.11 Å². The fourth-order valence-corrected chi connectivity index (χ4v) is 1.39. The highest BCUT2D eigenvalue weighted by atomic mass is 16.5. The zero-order valence-electron chi connectivity index (χ0n) is 9.00. The van der Waals surface area contributed by atoms with Gasteiger partial charge in [-0.25, -0.2) is 0 Å². The predicted octanol–water partition coefficient (Wildman–Crippen LogP) is 0.862. The molecular formula is C9H22N2O. The minimum absolute atomic E-state index is 0.528. The van der Waals surface area contributed by atoms with Crippen molar-refractivity contribution >= 4 is 0 Å². The van der Waals surface area contributed by atoms with Crippen LogP contribution in [-0.4, -0.2) is 57.9 Å². The molecule has 0 bridgehead atoms. The summed E-state index contributed by atoms with van der Waals surface area (Å²) in [5, 5.41) is 0. The number of nitrogens with zero attached hydrogens (tertiary/aromatic N) is 2. The number of rotatable bonds is 6. The fourth-order valence-electron chi connectivity index (χ4n) is 1.39. The molecule has 0 heterocycles. The summed E-state index contributed by atoms with van der Waals surface area (Å²) in [6.45, 7) is 0.859. The molecule has 3 nitrogen and oxygen atoms in total. The van der Waals surface area contributed by atoms with Crippen molar-refractivity contribution in [1.29, 1.82) is 0 Å². The number of ether oxygens (including phenoxy) is 1. The van der Waals surface area contributed by atoms with Gasteiger partial charge < -0.3 is 4.74 Å². The highest BCUT2D eigenvalue weighted by Crippen LogP contribution is 2.05. The monoisotopic (exact) mass is 174 g/mol. The SMILES string of the molecule is COCCCC(N(C)C)N(C)C. The summed E-state index contributed by atoms with van der Waals surface area (Å²) < 4.78 is 5.01. The van der Waals surface area contributed by atoms with Crippen LogP contribution in [0.3, 0.4) is 0 Å². The van der Waals surface area contributed by atoms with Crippen LogP contribution in [0.4, 0.5) is 0 Å². The Morgan fingerprint density at radius 1 is 1.08 bits per heavy atom. The van der Waals surface area contributed by atoms with Crippen molar-refractivity contribution in [2.24, 2.45) is 0 Å². The van der Waals surface area contributed by atoms with Crippen molar-refractivity contribution in [1.82, 2.24) is 9.80 Å². The van der Waals surface area contributed by atoms with E-state index in [2.05, 4.69) is 38.0 Å². The van der Waals surface area contributed by atoms with E-state index in [-0.39, 0.29) is 0 Å². The Morgan fingerprint density at radius 3 is 1.92 bits per heavy atom. The van der Waals surface area contributed by atoms with E-state index in [1.165, 1.54) is 0 Å². The van der Waals surface area contributed by atoms with Gasteiger partial charge in [0.1, 0.15) is 0 Å². The first-order valence-electron chi connectivity index (χ1n) is 4.41. The van der Waals surface area contributed by atoms with E-state index in [4.69, 9.17) is 4.74 Å². The quantitative estimate of drug-likeness (QED) is 0.439. The van der Waals surface area contributed by atoms with Gasteiger partial charge in [0, 0.05) is 13.7 Å². The topological polar surface area (TPSA) is 15.7 Å². The van der Waals surface area contributed by atoms with Gasteiger partial charge >= 0.3 is 0 Å². The van der Waals surface area contributed by atoms with Crippen LogP contribution in [-0.2, 0) is 4.74 Å². The lowest BCUT2D eigenvalue weighted by Gasteiger charge is -2.30. The molecule has 0 aliphatic carbocycles. The molecule has 0 unspecified atom stereocenters. The molecule has 12 heavy (non-hydrogen) atoms. The second-order valence-corrected chi connectivity index (χ2v) is 3.54. The maximum Gasteiger partial charge on any atom is 0.0613 e. The molecule has 0 fully saturated rings. The number of hydrogen-bond acceptors (Lipinski definition) is 3. The summed E-state index contributed by atoms with van der Waals surface area (Å²) in [7, 11) is 10.2. The van der Waals surface area contributed by atoms with Crippen molar-refractivity contribution in [3.05, 3.63) is 0 Å². The van der Waals surface area contributed by atoms with E-state index in [9.17, 15) is 0 Å². The van der Waals surface area contributed by atoms with Gasteiger partial charge in [-0.05, 0) is 41.0 Å². The largest absolute Gasteiger partial charge is 0.385 e. The van der Waals surface area contributed by atoms with Crippen LogP contribution in [0.1, 0.15) is 12.8 Å². The highest BCUT2D eigenvalue weighted by molar-refractivity contribution is 4.62. The summed E-state index contributed by atoms with van der Waals surface area (Å²) in [5.74, 6) is 0. The number of hydrogen-bond donors (Lipinski definition) is 0. The van der Waals surface area contributed by atoms with Crippen LogP contribution in [0.2, 0.25) is 0 Å². The van der Waals surface area contributed by atoms with Crippen LogP contribution in [0.25, 0.3) is 0 Å². The molecule has 3 heteroatoms. The Bertz CT molecular complexity index is 96.7. The third-order valence-electron chi connectivity index (χ3n) is 2.00. The highest BCUT2D eigenvalue weighted by Gasteiger charge is 2.12. The molecule has 0 aromatic rings. The third kappa shape index (κ3) is 4.70. The predicted molar refractivity (Wildman–Crippen MR) is 52.3 cm³/mol. The van der Waals surface area contributed by atoms with Crippen molar-refractivity contribution in [3.8, 4) is 0 Å². The Hall–Kier alpha value is -0.120. The summed E-state index contributed by atoms with van der Waals surface area (Å²) >= 11 is 0. The van der Waals surface area contributed by atoms with Gasteiger partial charge in [-0.3, -0.25) is 9.80 Å². The first-order valence-corrected chi connectivity index (χ1v) is 4.41. The normalized spacial score (nSPS) is 12.0. The lowest BCUT2D eigenvalue weighted by molar-refractivity contribution is 0.103. The zero-order chi connectivity index (χ0) is 9.56. The molecule has 0 aliphatic heterocycles. The Balaban J connectivity index is 3.64. The number of methoxy groups -OCH3 is 1. The second kappa shape index (κ2) is 6.40. The molecule has 74 valence electrons. The smallest absolute Gasteiger partial charge is 0.0613 e. The maximum atomic E-state index is 5.01. The molecule has 0 rings (SSSR count). The average Bonchev–Trinajstić information content (AvgIpc) is 1.96. The lowest BCUT2D eigenvalue weighted by Crippen LogP contribution is -2.40. The van der Waals surface area contributed by atoms with E-state index in [0.717, 1.165) is 19.4 Å². The molecule has 0 aromatic carbocycles. The zero-order valence-corrected chi connectivity index (χ0v) is 9.00. The van der Waals surface area contributed by atoms with Crippen molar-refractivity contribution < 1.29 is 4.74 Å². The van der Waals surface area contributed by atoms with Gasteiger partial charge in [-0.2, -0.15) is 0 Å². The molecule has 0 spiro atoms. The van der Waals surface area contributed by atoms with Crippen LogP contribution in [0.15, 0.2) is 0 Å². The van der Waals surface area contributed by atoms with Crippen LogP contribution in [0, 0.1) is 0 Å². The Morgan fingerprint density at radius 2 is 1.58 bits per heavy atom. The van der Waals surface area contributed by atoms with Crippen LogP contribution < -0.4 is 0 Å². The summed E-state index contributed by atoms with van der Waals surface area (Å²) in [6.07, 6.45) is 2.81. The van der Waals surface area contributed by atoms with Gasteiger partial charge in [-0.15, -0.1) is 0 Å². The van der Waals surface area contributed by atoms with Gasteiger partial charge in [0.2, 0.25) is 0 Å². The van der Waals surface area contributed by atoms with Gasteiger partial charge in [-0.1, -0.05) is 0 Å². The van der Waals surface area contributed by atoms with E-state index in [0.29, 0.717) is 6.17 Å². The first-order chi connectivity index (χ1) is 5.59. The standard InChI is InChI=1S/C9H22N2O/c1-10(2)9(11(3)4)7-6-8-12-5/h9H,6-8H2,1-5H3. The molecular weight excluding hydrogens is 152 g/mol. The molecule has 0 amide bonds. The Labute approximate surface area is 76.3 Å². The molecule has 0 atom stereocenters. The summed E-state index contributed by atoms with van der Waals surface area (Å²) in [5.41, 5.74) is 0. The molecule has 0 saturated heterocycles. The molecule has 0 N–H and O–H groups in total. The summed E-state index contributed by atoms with van der Waals surface area (Å²) in [6, 6.07) is 0. The molecule has 0 aliphatic rings. The van der Waals surface area contributed by atoms with Gasteiger partial charge in [0.25, 0.3) is 0 Å².